The van der Waals surface area contributed by atoms with Crippen LogP contribution in [0.5, 0.6) is 0 Å². The number of nitrogen functional groups attached to an aromatic ring is 1. The van der Waals surface area contributed by atoms with Crippen molar-refractivity contribution in [3.8, 4) is 0 Å². The average molecular weight is 287 g/mol. The number of carbonyl (C=O) groups excluding carboxylic acids is 1. The van der Waals surface area contributed by atoms with Crippen molar-refractivity contribution in [1.82, 2.24) is 4.57 Å². The Morgan fingerprint density at radius 2 is 1.90 bits per heavy atom. The number of aliphatic hydroxyl groups is 1. The van der Waals surface area contributed by atoms with Crippen LogP contribution in [-0.4, -0.2) is 22.2 Å². The molecule has 110 valence electrons. The Balaban J connectivity index is 2.01. The number of benzene rings is 1. The van der Waals surface area contributed by atoms with Crippen molar-refractivity contribution in [1.29, 1.82) is 0 Å². The normalized spacial score (nSPS) is 10.3. The molecule has 1 heterocycles. The van der Waals surface area contributed by atoms with Crippen molar-refractivity contribution in [2.45, 2.75) is 13.0 Å². The largest absolute Gasteiger partial charge is 0.398 e. The minimum absolute atomic E-state index is 0.0874. The minimum atomic E-state index is -0.308. The van der Waals surface area contributed by atoms with Gasteiger partial charge >= 0.3 is 0 Å². The number of nitrogens with one attached hydrogen (secondary N) is 1. The number of pyridine rings is 1. The Morgan fingerprint density at radius 3 is 2.57 bits per heavy atom. The summed E-state index contributed by atoms with van der Waals surface area (Å²) in [6.07, 6.45) is 2.01. The molecule has 6 nitrogen and oxygen atoms in total. The molecule has 0 aliphatic carbocycles. The molecule has 1 aromatic heterocycles. The quantitative estimate of drug-likeness (QED) is 0.750. The fraction of sp³-hybridized carbons (Fsp3) is 0.200. The molecule has 0 spiro atoms. The molecule has 1 amide bonds. The maximum absolute atomic E-state index is 11.9. The molecule has 2 aromatic rings. The first-order valence-electron chi connectivity index (χ1n) is 6.54. The van der Waals surface area contributed by atoms with Gasteiger partial charge in [-0.15, -0.1) is 0 Å². The Bertz CT molecular complexity index is 677. The summed E-state index contributed by atoms with van der Waals surface area (Å²) in [4.78, 5) is 23.5. The summed E-state index contributed by atoms with van der Waals surface area (Å²) in [5.41, 5.74) is 7.36. The Morgan fingerprint density at radius 1 is 1.19 bits per heavy atom. The summed E-state index contributed by atoms with van der Waals surface area (Å²) in [5, 5.41) is 11.5. The molecule has 0 unspecified atom stereocenters. The number of aliphatic hydroxyl groups excluding tert-OH is 1. The molecule has 0 aliphatic rings. The van der Waals surface area contributed by atoms with E-state index < -0.39 is 0 Å². The van der Waals surface area contributed by atoms with E-state index in [1.807, 2.05) is 12.1 Å². The maximum Gasteiger partial charge on any atom is 0.251 e. The van der Waals surface area contributed by atoms with E-state index in [4.69, 9.17) is 10.8 Å². The van der Waals surface area contributed by atoms with Crippen molar-refractivity contribution in [3.05, 3.63) is 58.5 Å². The second kappa shape index (κ2) is 6.71. The second-order valence-corrected chi connectivity index (χ2v) is 4.65. The smallest absolute Gasteiger partial charge is 0.251 e. The summed E-state index contributed by atoms with van der Waals surface area (Å²) < 4.78 is 1.25. The summed E-state index contributed by atoms with van der Waals surface area (Å²) in [5.74, 6) is -0.308. The number of hydrogen-bond acceptors (Lipinski definition) is 4. The van der Waals surface area contributed by atoms with Gasteiger partial charge in [-0.05, 0) is 30.2 Å². The topological polar surface area (TPSA) is 97.4 Å². The lowest BCUT2D eigenvalue weighted by Crippen LogP contribution is -2.27. The number of hydrogen-bond donors (Lipinski definition) is 3. The van der Waals surface area contributed by atoms with Crippen LogP contribution in [0.3, 0.4) is 0 Å². The van der Waals surface area contributed by atoms with Crippen molar-refractivity contribution in [2.24, 2.45) is 0 Å². The van der Waals surface area contributed by atoms with E-state index in [0.29, 0.717) is 17.8 Å². The fourth-order valence-corrected chi connectivity index (χ4v) is 1.91. The maximum atomic E-state index is 11.9. The summed E-state index contributed by atoms with van der Waals surface area (Å²) in [6.45, 7) is -0.00762. The van der Waals surface area contributed by atoms with Gasteiger partial charge in [0.1, 0.15) is 6.54 Å². The third-order valence-electron chi connectivity index (χ3n) is 2.96. The molecular weight excluding hydrogens is 270 g/mol. The fourth-order valence-electron chi connectivity index (χ4n) is 1.91. The van der Waals surface area contributed by atoms with Crippen LogP contribution in [0.15, 0.2) is 47.4 Å². The number of aromatic nitrogens is 1. The van der Waals surface area contributed by atoms with Crippen LogP contribution in [0.1, 0.15) is 5.56 Å². The first kappa shape index (κ1) is 14.8. The highest BCUT2D eigenvalue weighted by Crippen LogP contribution is 2.10. The molecule has 0 fully saturated rings. The highest BCUT2D eigenvalue weighted by Gasteiger charge is 2.05. The van der Waals surface area contributed by atoms with Crippen LogP contribution in [0, 0.1) is 0 Å². The van der Waals surface area contributed by atoms with E-state index in [0.717, 1.165) is 5.56 Å². The lowest BCUT2D eigenvalue weighted by Gasteiger charge is -2.08. The molecule has 0 saturated carbocycles. The van der Waals surface area contributed by atoms with Crippen LogP contribution in [-0.2, 0) is 17.8 Å². The third-order valence-corrected chi connectivity index (χ3v) is 2.96. The summed E-state index contributed by atoms with van der Waals surface area (Å²) in [7, 11) is 0. The van der Waals surface area contributed by atoms with Crippen molar-refractivity contribution >= 4 is 17.3 Å². The standard InChI is InChI=1S/C15H17N3O3/c16-12-3-6-15(21)18(9-12)10-14(20)17-13-4-1-11(2-5-13)7-8-19/h1-6,9,19H,7-8,10,16H2,(H,17,20). The van der Waals surface area contributed by atoms with E-state index in [1.165, 1.54) is 22.9 Å². The zero-order valence-corrected chi connectivity index (χ0v) is 11.5. The van der Waals surface area contributed by atoms with E-state index in [2.05, 4.69) is 5.32 Å². The molecule has 0 saturated heterocycles. The molecule has 0 bridgehead atoms. The SMILES string of the molecule is Nc1ccc(=O)n(CC(=O)Nc2ccc(CCO)cc2)c1. The van der Waals surface area contributed by atoms with Gasteiger partial charge < -0.3 is 20.7 Å². The molecule has 6 heteroatoms. The van der Waals surface area contributed by atoms with Gasteiger partial charge in [0, 0.05) is 30.2 Å². The van der Waals surface area contributed by atoms with Crippen LogP contribution >= 0.6 is 0 Å². The summed E-state index contributed by atoms with van der Waals surface area (Å²) in [6, 6.07) is 10.00. The number of anilines is 2. The van der Waals surface area contributed by atoms with Crippen LogP contribution in [0.4, 0.5) is 11.4 Å². The molecule has 2 rings (SSSR count). The van der Waals surface area contributed by atoms with Crippen LogP contribution < -0.4 is 16.6 Å². The van der Waals surface area contributed by atoms with E-state index in [-0.39, 0.29) is 24.6 Å². The molecular formula is C15H17N3O3. The predicted molar refractivity (Wildman–Crippen MR) is 81.0 cm³/mol. The van der Waals surface area contributed by atoms with Gasteiger partial charge in [-0.1, -0.05) is 12.1 Å². The van der Waals surface area contributed by atoms with E-state index in [1.54, 1.807) is 12.1 Å². The highest BCUT2D eigenvalue weighted by molar-refractivity contribution is 5.90. The molecule has 0 aliphatic heterocycles. The van der Waals surface area contributed by atoms with Gasteiger partial charge in [0.2, 0.25) is 5.91 Å². The first-order chi connectivity index (χ1) is 10.1. The Hall–Kier alpha value is -2.60. The van der Waals surface area contributed by atoms with Crippen molar-refractivity contribution < 1.29 is 9.90 Å². The van der Waals surface area contributed by atoms with Gasteiger partial charge in [0.15, 0.2) is 0 Å². The van der Waals surface area contributed by atoms with Crippen LogP contribution in [0.2, 0.25) is 0 Å². The van der Waals surface area contributed by atoms with Gasteiger partial charge in [-0.2, -0.15) is 0 Å². The second-order valence-electron chi connectivity index (χ2n) is 4.65. The zero-order valence-electron chi connectivity index (χ0n) is 11.5. The van der Waals surface area contributed by atoms with Crippen LogP contribution in [0.25, 0.3) is 0 Å². The average Bonchev–Trinajstić information content (AvgIpc) is 2.45. The van der Waals surface area contributed by atoms with Crippen molar-refractivity contribution in [3.63, 3.8) is 0 Å². The minimum Gasteiger partial charge on any atom is -0.398 e. The lowest BCUT2D eigenvalue weighted by molar-refractivity contribution is -0.116. The zero-order chi connectivity index (χ0) is 15.2. The number of nitrogens with two attached hydrogens (primary N) is 1. The van der Waals surface area contributed by atoms with Gasteiger partial charge in [-0.25, -0.2) is 0 Å². The van der Waals surface area contributed by atoms with E-state index in [9.17, 15) is 9.59 Å². The molecule has 4 N–H and O–H groups in total. The molecule has 1 aromatic carbocycles. The molecule has 21 heavy (non-hydrogen) atoms. The Kier molecular flexibility index (Phi) is 4.73. The third kappa shape index (κ3) is 4.19. The number of nitrogens with zero attached hydrogens (tertiary/aromatic N) is 1. The molecule has 0 radical (unpaired) electrons. The highest BCUT2D eigenvalue weighted by atomic mass is 16.3. The lowest BCUT2D eigenvalue weighted by atomic mass is 10.1. The first-order valence-corrected chi connectivity index (χ1v) is 6.54. The number of amides is 1. The monoisotopic (exact) mass is 287 g/mol. The summed E-state index contributed by atoms with van der Waals surface area (Å²) >= 11 is 0. The van der Waals surface area contributed by atoms with Crippen molar-refractivity contribution in [2.75, 3.05) is 17.7 Å². The number of carbonyl (C=O) groups is 1. The number of rotatable bonds is 5. The van der Waals surface area contributed by atoms with E-state index >= 15 is 0 Å². The van der Waals surface area contributed by atoms with Gasteiger partial charge in [0.25, 0.3) is 5.56 Å². The Labute approximate surface area is 121 Å². The predicted octanol–water partition coefficient (Wildman–Crippen LogP) is 0.604. The molecule has 0 atom stereocenters. The van der Waals surface area contributed by atoms with Gasteiger partial charge in [-0.3, -0.25) is 9.59 Å². The van der Waals surface area contributed by atoms with Gasteiger partial charge in [0.05, 0.1) is 0 Å².